The first-order chi connectivity index (χ1) is 7.20. The standard InChI is InChI=1S/C11H16N2OS/c12-11(4-2-1-3-5-11)6-10(14)9-7-13-15-8-9/h7-8H,1-6,12H2. The predicted octanol–water partition coefficient (Wildman–Crippen LogP) is 2.38. The highest BCUT2D eigenvalue weighted by atomic mass is 32.1. The third-order valence-electron chi connectivity index (χ3n) is 3.12. The van der Waals surface area contributed by atoms with Crippen LogP contribution in [0.5, 0.6) is 0 Å². The smallest absolute Gasteiger partial charge is 0.167 e. The van der Waals surface area contributed by atoms with Crippen molar-refractivity contribution in [3.05, 3.63) is 17.1 Å². The number of carbonyl (C=O) groups is 1. The minimum atomic E-state index is -0.253. The molecular weight excluding hydrogens is 208 g/mol. The number of hydrogen-bond donors (Lipinski definition) is 1. The lowest BCUT2D eigenvalue weighted by Crippen LogP contribution is -2.43. The number of rotatable bonds is 3. The quantitative estimate of drug-likeness (QED) is 0.802. The van der Waals surface area contributed by atoms with Gasteiger partial charge in [-0.15, -0.1) is 0 Å². The van der Waals surface area contributed by atoms with Crippen molar-refractivity contribution in [2.45, 2.75) is 44.1 Å². The van der Waals surface area contributed by atoms with Gasteiger partial charge in [0.15, 0.2) is 5.78 Å². The van der Waals surface area contributed by atoms with Crippen molar-refractivity contribution in [2.75, 3.05) is 0 Å². The molecule has 0 bridgehead atoms. The summed E-state index contributed by atoms with van der Waals surface area (Å²) in [6.45, 7) is 0. The van der Waals surface area contributed by atoms with E-state index < -0.39 is 0 Å². The Balaban J connectivity index is 1.98. The normalized spacial score (nSPS) is 20.1. The zero-order chi connectivity index (χ0) is 10.7. The van der Waals surface area contributed by atoms with Gasteiger partial charge in [0.25, 0.3) is 0 Å². The van der Waals surface area contributed by atoms with Gasteiger partial charge >= 0.3 is 0 Å². The van der Waals surface area contributed by atoms with Crippen molar-refractivity contribution in [3.63, 3.8) is 0 Å². The highest BCUT2D eigenvalue weighted by molar-refractivity contribution is 7.03. The fourth-order valence-corrected chi connectivity index (χ4v) is 2.74. The van der Waals surface area contributed by atoms with Crippen LogP contribution in [-0.4, -0.2) is 15.7 Å². The molecular formula is C11H16N2OS. The van der Waals surface area contributed by atoms with Crippen molar-refractivity contribution in [1.29, 1.82) is 0 Å². The molecule has 0 atom stereocenters. The maximum absolute atomic E-state index is 11.9. The second-order valence-corrected chi connectivity index (χ2v) is 5.09. The second-order valence-electron chi connectivity index (χ2n) is 4.44. The summed E-state index contributed by atoms with van der Waals surface area (Å²) in [6.07, 6.45) is 7.65. The molecule has 0 saturated heterocycles. The number of carbonyl (C=O) groups excluding carboxylic acids is 1. The summed E-state index contributed by atoms with van der Waals surface area (Å²) in [4.78, 5) is 11.9. The zero-order valence-corrected chi connectivity index (χ0v) is 9.55. The second kappa shape index (κ2) is 4.41. The van der Waals surface area contributed by atoms with E-state index in [1.54, 1.807) is 11.6 Å². The fourth-order valence-electron chi connectivity index (χ4n) is 2.20. The number of aromatic nitrogens is 1. The molecule has 1 heterocycles. The van der Waals surface area contributed by atoms with Gasteiger partial charge in [-0.1, -0.05) is 19.3 Å². The van der Waals surface area contributed by atoms with E-state index >= 15 is 0 Å². The van der Waals surface area contributed by atoms with Crippen LogP contribution in [0.25, 0.3) is 0 Å². The van der Waals surface area contributed by atoms with Gasteiger partial charge in [-0.2, -0.15) is 0 Å². The number of hydrogen-bond acceptors (Lipinski definition) is 4. The molecule has 1 aromatic rings. The van der Waals surface area contributed by atoms with Crippen molar-refractivity contribution < 1.29 is 4.79 Å². The van der Waals surface area contributed by atoms with Crippen LogP contribution in [0.4, 0.5) is 0 Å². The molecule has 1 aromatic heterocycles. The molecule has 15 heavy (non-hydrogen) atoms. The number of nitrogens with two attached hydrogens (primary N) is 1. The number of Topliss-reactive ketones (excluding diaryl/α,β-unsaturated/α-hetero) is 1. The zero-order valence-electron chi connectivity index (χ0n) is 8.74. The van der Waals surface area contributed by atoms with Gasteiger partial charge < -0.3 is 5.73 Å². The third-order valence-corrected chi connectivity index (χ3v) is 3.70. The van der Waals surface area contributed by atoms with Crippen molar-refractivity contribution >= 4 is 17.3 Å². The Labute approximate surface area is 93.8 Å². The van der Waals surface area contributed by atoms with Crippen molar-refractivity contribution in [3.8, 4) is 0 Å². The van der Waals surface area contributed by atoms with Crippen molar-refractivity contribution in [1.82, 2.24) is 4.37 Å². The Morgan fingerprint density at radius 3 is 2.80 bits per heavy atom. The summed E-state index contributed by atoms with van der Waals surface area (Å²) < 4.78 is 3.94. The molecule has 0 spiro atoms. The Bertz CT molecular complexity index is 328. The summed E-state index contributed by atoms with van der Waals surface area (Å²) in [7, 11) is 0. The van der Waals surface area contributed by atoms with Crippen molar-refractivity contribution in [2.24, 2.45) is 5.73 Å². The fraction of sp³-hybridized carbons (Fsp3) is 0.636. The van der Waals surface area contributed by atoms with Gasteiger partial charge in [0.2, 0.25) is 0 Å². The van der Waals surface area contributed by atoms with Gasteiger partial charge in [-0.05, 0) is 24.4 Å². The first-order valence-corrected chi connectivity index (χ1v) is 6.25. The Morgan fingerprint density at radius 1 is 1.47 bits per heavy atom. The van der Waals surface area contributed by atoms with Gasteiger partial charge in [-0.25, -0.2) is 4.37 Å². The largest absolute Gasteiger partial charge is 0.325 e. The highest BCUT2D eigenvalue weighted by Crippen LogP contribution is 2.29. The molecule has 82 valence electrons. The van der Waals surface area contributed by atoms with Crippen LogP contribution in [0.15, 0.2) is 11.6 Å². The maximum atomic E-state index is 11.9. The molecule has 2 rings (SSSR count). The van der Waals surface area contributed by atoms with E-state index in [1.165, 1.54) is 18.0 Å². The molecule has 3 nitrogen and oxygen atoms in total. The lowest BCUT2D eigenvalue weighted by atomic mass is 9.78. The molecule has 4 heteroatoms. The lowest BCUT2D eigenvalue weighted by molar-refractivity contribution is 0.0935. The Kier molecular flexibility index (Phi) is 3.17. The van der Waals surface area contributed by atoms with E-state index in [1.807, 2.05) is 0 Å². The molecule has 0 unspecified atom stereocenters. The molecule has 1 saturated carbocycles. The summed E-state index contributed by atoms with van der Waals surface area (Å²) in [6, 6.07) is 0. The number of ketones is 1. The molecule has 2 N–H and O–H groups in total. The highest BCUT2D eigenvalue weighted by Gasteiger charge is 2.30. The van der Waals surface area contributed by atoms with Crippen LogP contribution in [0.2, 0.25) is 0 Å². The minimum absolute atomic E-state index is 0.146. The minimum Gasteiger partial charge on any atom is -0.325 e. The van der Waals surface area contributed by atoms with Crippen LogP contribution in [0.3, 0.4) is 0 Å². The molecule has 1 aliphatic carbocycles. The first-order valence-electron chi connectivity index (χ1n) is 5.41. The Morgan fingerprint density at radius 2 is 2.20 bits per heavy atom. The van der Waals surface area contributed by atoms with Gasteiger partial charge in [0.05, 0.1) is 6.20 Å². The average molecular weight is 224 g/mol. The van der Waals surface area contributed by atoms with E-state index in [0.29, 0.717) is 6.42 Å². The number of nitrogens with zero attached hydrogens (tertiary/aromatic N) is 1. The summed E-state index contributed by atoms with van der Waals surface area (Å²) in [5.74, 6) is 0.146. The van der Waals surface area contributed by atoms with E-state index in [-0.39, 0.29) is 11.3 Å². The molecule has 0 radical (unpaired) electrons. The van der Waals surface area contributed by atoms with Crippen LogP contribution >= 0.6 is 11.5 Å². The summed E-state index contributed by atoms with van der Waals surface area (Å²) in [5, 5.41) is 1.80. The average Bonchev–Trinajstić information content (AvgIpc) is 2.70. The topological polar surface area (TPSA) is 56.0 Å². The molecule has 0 amide bonds. The van der Waals surface area contributed by atoms with E-state index in [2.05, 4.69) is 4.37 Å². The molecule has 0 aromatic carbocycles. The van der Waals surface area contributed by atoms with Crippen LogP contribution in [-0.2, 0) is 0 Å². The predicted molar refractivity (Wildman–Crippen MR) is 61.1 cm³/mol. The van der Waals surface area contributed by atoms with Crippen LogP contribution in [0.1, 0.15) is 48.9 Å². The summed E-state index contributed by atoms with van der Waals surface area (Å²) >= 11 is 1.32. The van der Waals surface area contributed by atoms with Gasteiger partial charge in [-0.3, -0.25) is 4.79 Å². The molecule has 0 aliphatic heterocycles. The molecule has 1 fully saturated rings. The van der Waals surface area contributed by atoms with Crippen LogP contribution < -0.4 is 5.73 Å². The van der Waals surface area contributed by atoms with Crippen LogP contribution in [0, 0.1) is 0 Å². The monoisotopic (exact) mass is 224 g/mol. The summed E-state index contributed by atoms with van der Waals surface area (Å²) in [5.41, 5.74) is 6.69. The van der Waals surface area contributed by atoms with E-state index in [0.717, 1.165) is 31.2 Å². The lowest BCUT2D eigenvalue weighted by Gasteiger charge is -2.32. The first kappa shape index (κ1) is 10.8. The van der Waals surface area contributed by atoms with E-state index in [9.17, 15) is 4.79 Å². The van der Waals surface area contributed by atoms with E-state index in [4.69, 9.17) is 5.73 Å². The van der Waals surface area contributed by atoms with Gasteiger partial charge in [0.1, 0.15) is 0 Å². The third kappa shape index (κ3) is 2.63. The van der Waals surface area contributed by atoms with Gasteiger partial charge in [0, 0.05) is 22.9 Å². The Hall–Kier alpha value is -0.740. The molecule has 1 aliphatic rings. The SMILES string of the molecule is NC1(CC(=O)c2cnsc2)CCCCC1. The maximum Gasteiger partial charge on any atom is 0.167 e.